The summed E-state index contributed by atoms with van der Waals surface area (Å²) in [6.07, 6.45) is 9.92. The lowest BCUT2D eigenvalue weighted by Crippen LogP contribution is -2.39. The molecular formula is C27H33N3O2S. The number of aromatic nitrogens is 2. The van der Waals surface area contributed by atoms with Crippen molar-refractivity contribution >= 4 is 17.2 Å². The molecule has 2 saturated carbocycles. The molecule has 33 heavy (non-hydrogen) atoms. The summed E-state index contributed by atoms with van der Waals surface area (Å²) >= 11 is 1.65. The van der Waals surface area contributed by atoms with Gasteiger partial charge in [0.05, 0.1) is 24.1 Å². The Balaban J connectivity index is 1.47. The van der Waals surface area contributed by atoms with Crippen molar-refractivity contribution in [2.75, 3.05) is 7.11 Å². The molecule has 2 aliphatic carbocycles. The van der Waals surface area contributed by atoms with Crippen molar-refractivity contribution in [3.63, 3.8) is 0 Å². The Bertz CT molecular complexity index is 1110. The number of hydrogen-bond donors (Lipinski definition) is 1. The number of ether oxygens (including phenoxy) is 1. The SMILES string of the molecule is COc1ccc(-c2nc(-c3cc(C(=O)NC4CCC4)c(C)n3CC3CCCCC3)cs2)cc1. The van der Waals surface area contributed by atoms with Crippen LogP contribution in [0.3, 0.4) is 0 Å². The van der Waals surface area contributed by atoms with Gasteiger partial charge in [-0.05, 0) is 75.3 Å². The van der Waals surface area contributed by atoms with Gasteiger partial charge in [0.1, 0.15) is 10.8 Å². The Kier molecular flexibility index (Phi) is 6.54. The van der Waals surface area contributed by atoms with Crippen molar-refractivity contribution in [3.05, 3.63) is 47.0 Å². The van der Waals surface area contributed by atoms with E-state index in [1.165, 1.54) is 38.5 Å². The first kappa shape index (κ1) is 22.2. The summed E-state index contributed by atoms with van der Waals surface area (Å²) in [5.74, 6) is 1.58. The van der Waals surface area contributed by atoms with E-state index in [1.54, 1.807) is 18.4 Å². The molecule has 2 aromatic heterocycles. The zero-order valence-corrected chi connectivity index (χ0v) is 20.4. The van der Waals surface area contributed by atoms with Crippen molar-refractivity contribution < 1.29 is 9.53 Å². The quantitative estimate of drug-likeness (QED) is 0.437. The Morgan fingerprint density at radius 3 is 2.55 bits per heavy atom. The highest BCUT2D eigenvalue weighted by atomic mass is 32.1. The normalized spacial score (nSPS) is 17.0. The average molecular weight is 464 g/mol. The molecule has 5 rings (SSSR count). The van der Waals surface area contributed by atoms with Gasteiger partial charge in [0.15, 0.2) is 0 Å². The molecule has 174 valence electrons. The van der Waals surface area contributed by atoms with Crippen molar-refractivity contribution in [1.29, 1.82) is 0 Å². The van der Waals surface area contributed by atoms with Gasteiger partial charge in [0.25, 0.3) is 5.91 Å². The third-order valence-electron chi connectivity index (χ3n) is 7.32. The zero-order chi connectivity index (χ0) is 22.8. The minimum absolute atomic E-state index is 0.0615. The summed E-state index contributed by atoms with van der Waals surface area (Å²) in [5.41, 5.74) is 4.95. The van der Waals surface area contributed by atoms with Crippen LogP contribution in [0.25, 0.3) is 22.0 Å². The predicted octanol–water partition coefficient (Wildman–Crippen LogP) is 6.46. The molecule has 0 saturated heterocycles. The lowest BCUT2D eigenvalue weighted by molar-refractivity contribution is 0.0916. The van der Waals surface area contributed by atoms with Crippen LogP contribution in [0.4, 0.5) is 0 Å². The maximum absolute atomic E-state index is 13.1. The molecule has 0 bridgehead atoms. The topological polar surface area (TPSA) is 56.1 Å². The maximum atomic E-state index is 13.1. The first-order valence-electron chi connectivity index (χ1n) is 12.2. The van der Waals surface area contributed by atoms with E-state index in [4.69, 9.17) is 9.72 Å². The first-order chi connectivity index (χ1) is 16.1. The van der Waals surface area contributed by atoms with Crippen LogP contribution < -0.4 is 10.1 Å². The van der Waals surface area contributed by atoms with Crippen LogP contribution in [0.1, 0.15) is 67.4 Å². The third kappa shape index (κ3) is 4.72. The molecule has 5 nitrogen and oxygen atoms in total. The van der Waals surface area contributed by atoms with Crippen molar-refractivity contribution in [1.82, 2.24) is 14.9 Å². The van der Waals surface area contributed by atoms with E-state index < -0.39 is 0 Å². The highest BCUT2D eigenvalue weighted by Gasteiger charge is 2.26. The van der Waals surface area contributed by atoms with Gasteiger partial charge in [-0.25, -0.2) is 4.98 Å². The van der Waals surface area contributed by atoms with E-state index >= 15 is 0 Å². The third-order valence-corrected chi connectivity index (χ3v) is 8.21. The molecule has 1 amide bonds. The summed E-state index contributed by atoms with van der Waals surface area (Å²) in [6.45, 7) is 3.06. The molecule has 2 aliphatic rings. The number of carbonyl (C=O) groups is 1. The number of nitrogens with zero attached hydrogens (tertiary/aromatic N) is 2. The monoisotopic (exact) mass is 463 g/mol. The van der Waals surface area contributed by atoms with Crippen molar-refractivity contribution in [3.8, 4) is 27.7 Å². The van der Waals surface area contributed by atoms with E-state index in [0.29, 0.717) is 12.0 Å². The number of hydrogen-bond acceptors (Lipinski definition) is 4. The van der Waals surface area contributed by atoms with E-state index in [0.717, 1.165) is 58.4 Å². The van der Waals surface area contributed by atoms with Crippen LogP contribution in [0, 0.1) is 12.8 Å². The fourth-order valence-electron chi connectivity index (χ4n) is 5.02. The number of carbonyl (C=O) groups excluding carboxylic acids is 1. The lowest BCUT2D eigenvalue weighted by atomic mass is 9.89. The maximum Gasteiger partial charge on any atom is 0.253 e. The van der Waals surface area contributed by atoms with Gasteiger partial charge in [-0.2, -0.15) is 0 Å². The van der Waals surface area contributed by atoms with Crippen LogP contribution in [0.15, 0.2) is 35.7 Å². The Morgan fingerprint density at radius 2 is 1.88 bits per heavy atom. The predicted molar refractivity (Wildman–Crippen MR) is 134 cm³/mol. The fourth-order valence-corrected chi connectivity index (χ4v) is 5.84. The highest BCUT2D eigenvalue weighted by molar-refractivity contribution is 7.13. The highest BCUT2D eigenvalue weighted by Crippen LogP contribution is 2.34. The van der Waals surface area contributed by atoms with Gasteiger partial charge >= 0.3 is 0 Å². The standard InChI is InChI=1S/C27H33N3O2S/c1-18-23(26(31)28-21-9-6-10-21)15-25(30(18)16-19-7-4-3-5-8-19)24-17-33-27(29-24)20-11-13-22(32-2)14-12-20/h11-15,17,19,21H,3-10,16H2,1-2H3,(H,28,31). The molecule has 0 aliphatic heterocycles. The smallest absolute Gasteiger partial charge is 0.253 e. The minimum Gasteiger partial charge on any atom is -0.497 e. The van der Waals surface area contributed by atoms with Gasteiger partial charge in [0.2, 0.25) is 0 Å². The molecule has 1 N–H and O–H groups in total. The van der Waals surface area contributed by atoms with Crippen LogP contribution in [0.5, 0.6) is 5.75 Å². The number of benzene rings is 1. The van der Waals surface area contributed by atoms with Gasteiger partial charge in [-0.1, -0.05) is 19.3 Å². The largest absolute Gasteiger partial charge is 0.497 e. The molecule has 0 atom stereocenters. The molecule has 1 aromatic carbocycles. The van der Waals surface area contributed by atoms with Crippen LogP contribution in [-0.2, 0) is 6.54 Å². The number of methoxy groups -OCH3 is 1. The van der Waals surface area contributed by atoms with Crippen LogP contribution in [0.2, 0.25) is 0 Å². The molecular weight excluding hydrogens is 430 g/mol. The number of amides is 1. The zero-order valence-electron chi connectivity index (χ0n) is 19.6. The number of thiazole rings is 1. The van der Waals surface area contributed by atoms with Crippen LogP contribution >= 0.6 is 11.3 Å². The van der Waals surface area contributed by atoms with E-state index in [2.05, 4.69) is 28.3 Å². The molecule has 0 unspecified atom stereocenters. The Hall–Kier alpha value is -2.60. The average Bonchev–Trinajstić information content (AvgIpc) is 3.42. The summed E-state index contributed by atoms with van der Waals surface area (Å²) in [6, 6.07) is 10.4. The fraction of sp³-hybridized carbons (Fsp3) is 0.481. The molecule has 3 aromatic rings. The van der Waals surface area contributed by atoms with Gasteiger partial charge in [-0.15, -0.1) is 11.3 Å². The van der Waals surface area contributed by atoms with E-state index in [9.17, 15) is 4.79 Å². The number of rotatable bonds is 7. The van der Waals surface area contributed by atoms with Gasteiger partial charge in [0, 0.05) is 29.2 Å². The molecule has 2 heterocycles. The molecule has 2 fully saturated rings. The summed E-state index contributed by atoms with van der Waals surface area (Å²) in [7, 11) is 1.68. The second-order valence-electron chi connectivity index (χ2n) is 9.51. The first-order valence-corrected chi connectivity index (χ1v) is 13.1. The molecule has 0 radical (unpaired) electrons. The van der Waals surface area contributed by atoms with E-state index in [-0.39, 0.29) is 5.91 Å². The van der Waals surface area contributed by atoms with Gasteiger partial charge < -0.3 is 14.6 Å². The second-order valence-corrected chi connectivity index (χ2v) is 10.4. The van der Waals surface area contributed by atoms with Crippen molar-refractivity contribution in [2.24, 2.45) is 5.92 Å². The summed E-state index contributed by atoms with van der Waals surface area (Å²) in [5, 5.41) is 6.34. The Morgan fingerprint density at radius 1 is 1.12 bits per heavy atom. The Labute approximate surface area is 200 Å². The van der Waals surface area contributed by atoms with Crippen molar-refractivity contribution in [2.45, 2.75) is 70.9 Å². The van der Waals surface area contributed by atoms with E-state index in [1.807, 2.05) is 24.3 Å². The van der Waals surface area contributed by atoms with Crippen LogP contribution in [-0.4, -0.2) is 28.6 Å². The lowest BCUT2D eigenvalue weighted by Gasteiger charge is -2.26. The minimum atomic E-state index is 0.0615. The number of nitrogens with one attached hydrogen (secondary N) is 1. The second kappa shape index (κ2) is 9.72. The summed E-state index contributed by atoms with van der Waals surface area (Å²) < 4.78 is 7.65. The molecule has 6 heteroatoms. The summed E-state index contributed by atoms with van der Waals surface area (Å²) in [4.78, 5) is 18.1. The van der Waals surface area contributed by atoms with Gasteiger partial charge in [-0.3, -0.25) is 4.79 Å². The molecule has 0 spiro atoms.